The molecule has 158 valence electrons. The first-order valence-corrected chi connectivity index (χ1v) is 9.26. The molecule has 3 aromatic rings. The first kappa shape index (κ1) is 20.8. The number of anilines is 1. The number of hydrogen-bond donors (Lipinski definition) is 4. The summed E-state index contributed by atoms with van der Waals surface area (Å²) in [5.74, 6) is -0.981. The number of H-pyrrole nitrogens is 1. The molecule has 0 unspecified atom stereocenters. The summed E-state index contributed by atoms with van der Waals surface area (Å²) >= 11 is 0. The van der Waals surface area contributed by atoms with Crippen molar-refractivity contribution < 1.29 is 19.4 Å². The molecule has 2 heterocycles. The van der Waals surface area contributed by atoms with Crippen molar-refractivity contribution in [2.45, 2.75) is 26.3 Å². The lowest BCUT2D eigenvalue weighted by molar-refractivity contribution is -0.136. The van der Waals surface area contributed by atoms with E-state index >= 15 is 0 Å². The molecule has 0 aliphatic carbocycles. The van der Waals surface area contributed by atoms with E-state index in [-0.39, 0.29) is 43.0 Å². The van der Waals surface area contributed by atoms with Gasteiger partial charge in [-0.05, 0) is 17.5 Å². The lowest BCUT2D eigenvalue weighted by Gasteiger charge is -2.08. The number of aromatic nitrogens is 4. The summed E-state index contributed by atoms with van der Waals surface area (Å²) in [6.07, 6.45) is 0.444. The van der Waals surface area contributed by atoms with Gasteiger partial charge in [0.25, 0.3) is 0 Å². The number of rotatable bonds is 9. The zero-order valence-electron chi connectivity index (χ0n) is 16.3. The van der Waals surface area contributed by atoms with E-state index in [1.54, 1.807) is 24.3 Å². The Morgan fingerprint density at radius 2 is 2.07 bits per heavy atom. The fourth-order valence-electron chi connectivity index (χ4n) is 2.94. The summed E-state index contributed by atoms with van der Waals surface area (Å²) < 4.78 is 6.89. The quantitative estimate of drug-likeness (QED) is 0.362. The highest BCUT2D eigenvalue weighted by molar-refractivity contribution is 5.82. The summed E-state index contributed by atoms with van der Waals surface area (Å²) in [5.41, 5.74) is 7.48. The highest BCUT2D eigenvalue weighted by Crippen LogP contribution is 2.19. The molecule has 5 N–H and O–H groups in total. The standard InChI is InChI=1S/C19H22N6O5/c1-11(26)21-6-3-7-30-18-23-16(20)15-17(24-18)25(19(29)22-15)10-13-5-2-4-12(8-13)9-14(27)28/h2,4-5,8H,3,6-7,9-10H2,1H3,(H,21,26)(H,22,29)(H,27,28)(H2,20,23,24). The third-order valence-electron chi connectivity index (χ3n) is 4.24. The van der Waals surface area contributed by atoms with Crippen LogP contribution in [0, 0.1) is 0 Å². The number of carbonyl (C=O) groups is 2. The predicted octanol–water partition coefficient (Wildman–Crippen LogP) is 0.282. The highest BCUT2D eigenvalue weighted by Gasteiger charge is 2.15. The number of nitrogens with one attached hydrogen (secondary N) is 2. The predicted molar refractivity (Wildman–Crippen MR) is 108 cm³/mol. The topological polar surface area (TPSA) is 165 Å². The number of nitrogen functional groups attached to an aromatic ring is 1. The molecule has 0 spiro atoms. The number of imidazole rings is 1. The Balaban J connectivity index is 1.82. The number of hydrogen-bond acceptors (Lipinski definition) is 7. The monoisotopic (exact) mass is 414 g/mol. The van der Waals surface area contributed by atoms with Gasteiger partial charge in [0.15, 0.2) is 11.5 Å². The SMILES string of the molecule is CC(=O)NCCCOc1nc(N)c2[nH]c(=O)n(Cc3cccc(CC(=O)O)c3)c2n1. The van der Waals surface area contributed by atoms with Crippen molar-refractivity contribution in [2.75, 3.05) is 18.9 Å². The van der Waals surface area contributed by atoms with Gasteiger partial charge in [0.05, 0.1) is 19.6 Å². The maximum atomic E-state index is 12.4. The van der Waals surface area contributed by atoms with Crippen LogP contribution in [0.4, 0.5) is 5.82 Å². The van der Waals surface area contributed by atoms with Crippen LogP contribution < -0.4 is 21.5 Å². The van der Waals surface area contributed by atoms with Crippen molar-refractivity contribution >= 4 is 28.9 Å². The van der Waals surface area contributed by atoms with Crippen molar-refractivity contribution in [1.82, 2.24) is 24.8 Å². The fraction of sp³-hybridized carbons (Fsp3) is 0.316. The minimum atomic E-state index is -0.933. The molecule has 0 saturated carbocycles. The van der Waals surface area contributed by atoms with E-state index in [1.165, 1.54) is 11.5 Å². The number of ether oxygens (including phenoxy) is 1. The van der Waals surface area contributed by atoms with Crippen LogP contribution in [0.5, 0.6) is 6.01 Å². The average molecular weight is 414 g/mol. The molecular weight excluding hydrogens is 392 g/mol. The molecule has 0 radical (unpaired) electrons. The number of carbonyl (C=O) groups excluding carboxylic acids is 1. The van der Waals surface area contributed by atoms with Crippen molar-refractivity contribution in [3.63, 3.8) is 0 Å². The minimum Gasteiger partial charge on any atom is -0.481 e. The number of fused-ring (bicyclic) bond motifs is 1. The minimum absolute atomic E-state index is 0.0233. The largest absolute Gasteiger partial charge is 0.481 e. The maximum absolute atomic E-state index is 12.4. The van der Waals surface area contributed by atoms with Gasteiger partial charge in [0, 0.05) is 13.5 Å². The summed E-state index contributed by atoms with van der Waals surface area (Å²) in [6, 6.07) is 6.99. The van der Waals surface area contributed by atoms with E-state index in [0.717, 1.165) is 5.56 Å². The van der Waals surface area contributed by atoms with Crippen molar-refractivity contribution in [3.05, 3.63) is 45.9 Å². The van der Waals surface area contributed by atoms with Crippen LogP contribution in [0.15, 0.2) is 29.1 Å². The molecule has 0 aliphatic rings. The van der Waals surface area contributed by atoms with Gasteiger partial charge in [-0.2, -0.15) is 9.97 Å². The fourth-order valence-corrected chi connectivity index (χ4v) is 2.94. The normalized spacial score (nSPS) is 10.8. The van der Waals surface area contributed by atoms with Crippen LogP contribution in [0.2, 0.25) is 0 Å². The first-order valence-electron chi connectivity index (χ1n) is 9.26. The number of carboxylic acid groups (broad SMARTS) is 1. The van der Waals surface area contributed by atoms with Gasteiger partial charge < -0.3 is 25.9 Å². The first-order chi connectivity index (χ1) is 14.3. The van der Waals surface area contributed by atoms with Gasteiger partial charge in [0.1, 0.15) is 5.52 Å². The number of amides is 1. The molecule has 1 aromatic carbocycles. The molecule has 0 fully saturated rings. The van der Waals surface area contributed by atoms with Crippen LogP contribution in [0.25, 0.3) is 11.2 Å². The third-order valence-corrected chi connectivity index (χ3v) is 4.24. The number of carboxylic acids is 1. The van der Waals surface area contributed by atoms with Gasteiger partial charge in [-0.3, -0.25) is 14.2 Å². The zero-order chi connectivity index (χ0) is 21.7. The van der Waals surface area contributed by atoms with Gasteiger partial charge in [0.2, 0.25) is 5.91 Å². The van der Waals surface area contributed by atoms with Gasteiger partial charge in [-0.15, -0.1) is 0 Å². The molecule has 30 heavy (non-hydrogen) atoms. The Morgan fingerprint density at radius 3 is 2.80 bits per heavy atom. The molecule has 11 heteroatoms. The number of nitrogens with two attached hydrogens (primary N) is 1. The Hall–Kier alpha value is -3.89. The second kappa shape index (κ2) is 9.07. The molecule has 3 rings (SSSR count). The Bertz CT molecular complexity index is 1140. The van der Waals surface area contributed by atoms with E-state index in [2.05, 4.69) is 20.3 Å². The Morgan fingerprint density at radius 1 is 1.30 bits per heavy atom. The summed E-state index contributed by atoms with van der Waals surface area (Å²) in [4.78, 5) is 45.2. The molecule has 0 atom stereocenters. The smallest absolute Gasteiger partial charge is 0.328 e. The molecule has 0 bridgehead atoms. The number of aromatic amines is 1. The average Bonchev–Trinajstić information content (AvgIpc) is 2.97. The van der Waals surface area contributed by atoms with Gasteiger partial charge in [-0.1, -0.05) is 24.3 Å². The van der Waals surface area contributed by atoms with Crippen molar-refractivity contribution in [3.8, 4) is 6.01 Å². The summed E-state index contributed by atoms with van der Waals surface area (Å²) in [7, 11) is 0. The van der Waals surface area contributed by atoms with E-state index < -0.39 is 11.7 Å². The zero-order valence-corrected chi connectivity index (χ0v) is 16.3. The molecule has 0 saturated heterocycles. The lowest BCUT2D eigenvalue weighted by atomic mass is 10.1. The number of benzene rings is 1. The van der Waals surface area contributed by atoms with E-state index in [9.17, 15) is 14.4 Å². The number of nitrogens with zero attached hydrogens (tertiary/aromatic N) is 3. The molecule has 1 amide bonds. The van der Waals surface area contributed by atoms with E-state index in [1.807, 2.05) is 0 Å². The highest BCUT2D eigenvalue weighted by atomic mass is 16.5. The Labute approximate surface area is 170 Å². The molecule has 2 aromatic heterocycles. The lowest BCUT2D eigenvalue weighted by Crippen LogP contribution is -2.22. The maximum Gasteiger partial charge on any atom is 0.328 e. The van der Waals surface area contributed by atoms with E-state index in [0.29, 0.717) is 24.0 Å². The second-order valence-corrected chi connectivity index (χ2v) is 6.68. The van der Waals surface area contributed by atoms with Gasteiger partial charge >= 0.3 is 17.7 Å². The number of aliphatic carboxylic acids is 1. The molecule has 0 aliphatic heterocycles. The van der Waals surface area contributed by atoms with Crippen LogP contribution in [-0.2, 0) is 22.6 Å². The van der Waals surface area contributed by atoms with Crippen molar-refractivity contribution in [2.24, 2.45) is 0 Å². The van der Waals surface area contributed by atoms with Crippen LogP contribution >= 0.6 is 0 Å². The van der Waals surface area contributed by atoms with Crippen LogP contribution in [0.3, 0.4) is 0 Å². The van der Waals surface area contributed by atoms with Gasteiger partial charge in [-0.25, -0.2) is 4.79 Å². The third kappa shape index (κ3) is 5.13. The summed E-state index contributed by atoms with van der Waals surface area (Å²) in [6.45, 7) is 2.32. The summed E-state index contributed by atoms with van der Waals surface area (Å²) in [5, 5.41) is 11.6. The Kier molecular flexibility index (Phi) is 6.30. The van der Waals surface area contributed by atoms with E-state index in [4.69, 9.17) is 15.6 Å². The van der Waals surface area contributed by atoms with Crippen LogP contribution in [-0.4, -0.2) is 49.7 Å². The van der Waals surface area contributed by atoms with Crippen LogP contribution in [0.1, 0.15) is 24.5 Å². The molecular formula is C19H22N6O5. The van der Waals surface area contributed by atoms with Crippen molar-refractivity contribution in [1.29, 1.82) is 0 Å². The second-order valence-electron chi connectivity index (χ2n) is 6.68. The molecule has 11 nitrogen and oxygen atoms in total.